The Kier molecular flexibility index (Phi) is 6.37. The molecule has 0 saturated heterocycles. The van der Waals surface area contributed by atoms with Crippen LogP contribution in [-0.4, -0.2) is 21.9 Å². The fourth-order valence-electron chi connectivity index (χ4n) is 3.98. The fourth-order valence-corrected chi connectivity index (χ4v) is 4.98. The molecule has 7 heteroatoms. The first-order chi connectivity index (χ1) is 15.4. The molecular formula is C25H27N3O3S. The van der Waals surface area contributed by atoms with E-state index in [1.54, 1.807) is 24.9 Å². The molecule has 0 spiro atoms. The van der Waals surface area contributed by atoms with Crippen LogP contribution >= 0.6 is 11.8 Å². The number of ether oxygens (including phenoxy) is 1. The van der Waals surface area contributed by atoms with E-state index in [-0.39, 0.29) is 5.63 Å². The van der Waals surface area contributed by atoms with Gasteiger partial charge in [0.1, 0.15) is 11.3 Å². The molecule has 0 radical (unpaired) electrons. The van der Waals surface area contributed by atoms with Gasteiger partial charge in [-0.15, -0.1) is 10.2 Å². The van der Waals surface area contributed by atoms with Crippen LogP contribution in [0.5, 0.6) is 5.75 Å². The van der Waals surface area contributed by atoms with Gasteiger partial charge in [-0.05, 0) is 60.7 Å². The lowest BCUT2D eigenvalue weighted by atomic mass is 9.95. The maximum Gasteiger partial charge on any atom is 0.336 e. The molecule has 0 aliphatic carbocycles. The molecule has 0 unspecified atom stereocenters. The Hall–Kier alpha value is -3.06. The van der Waals surface area contributed by atoms with E-state index in [2.05, 4.69) is 48.5 Å². The van der Waals surface area contributed by atoms with Crippen molar-refractivity contribution in [2.24, 2.45) is 0 Å². The molecule has 0 fully saturated rings. The van der Waals surface area contributed by atoms with E-state index in [4.69, 9.17) is 9.15 Å². The van der Waals surface area contributed by atoms with Gasteiger partial charge in [0.2, 0.25) is 0 Å². The number of thioether (sulfide) groups is 1. The van der Waals surface area contributed by atoms with Crippen LogP contribution in [-0.2, 0) is 12.3 Å². The third kappa shape index (κ3) is 4.17. The third-order valence-electron chi connectivity index (χ3n) is 5.58. The van der Waals surface area contributed by atoms with Gasteiger partial charge in [0.05, 0.1) is 12.7 Å². The molecule has 166 valence electrons. The van der Waals surface area contributed by atoms with Crippen LogP contribution in [0.3, 0.4) is 0 Å². The molecule has 2 aromatic heterocycles. The molecule has 0 amide bonds. The van der Waals surface area contributed by atoms with Crippen LogP contribution in [0.1, 0.15) is 43.4 Å². The fraction of sp³-hybridized carbons (Fsp3) is 0.320. The number of fused-ring (bicyclic) bond motifs is 1. The van der Waals surface area contributed by atoms with Crippen molar-refractivity contribution in [3.63, 3.8) is 0 Å². The zero-order valence-corrected chi connectivity index (χ0v) is 19.8. The van der Waals surface area contributed by atoms with Gasteiger partial charge in [0.25, 0.3) is 0 Å². The minimum Gasteiger partial charge on any atom is -0.496 e. The maximum atomic E-state index is 12.2. The number of aromatic nitrogens is 3. The van der Waals surface area contributed by atoms with Crippen molar-refractivity contribution in [1.29, 1.82) is 0 Å². The van der Waals surface area contributed by atoms with Gasteiger partial charge >= 0.3 is 5.63 Å². The summed E-state index contributed by atoms with van der Waals surface area (Å²) in [6.45, 7) is 9.18. The molecule has 0 N–H and O–H groups in total. The van der Waals surface area contributed by atoms with Gasteiger partial charge in [-0.3, -0.25) is 0 Å². The zero-order chi connectivity index (χ0) is 22.8. The van der Waals surface area contributed by atoms with Crippen LogP contribution in [0.4, 0.5) is 0 Å². The molecular weight excluding hydrogens is 422 g/mol. The molecule has 32 heavy (non-hydrogen) atoms. The Morgan fingerprint density at radius 1 is 1.16 bits per heavy atom. The van der Waals surface area contributed by atoms with Gasteiger partial charge in [0.15, 0.2) is 11.0 Å². The van der Waals surface area contributed by atoms with Crippen LogP contribution in [0.15, 0.2) is 56.8 Å². The van der Waals surface area contributed by atoms with Gasteiger partial charge in [-0.25, -0.2) is 4.79 Å². The standard InChI is InChI=1S/C25H27N3O3S/c1-6-28-24(18-9-7-8-10-21(18)30-5)26-27-25(28)32-14-17-12-23(29)31-22-11-16(4)19(15(2)3)13-20(17)22/h7-13,15H,6,14H2,1-5H3. The summed E-state index contributed by atoms with van der Waals surface area (Å²) in [5.41, 5.74) is 4.52. The lowest BCUT2D eigenvalue weighted by molar-refractivity contribution is 0.416. The Balaban J connectivity index is 1.71. The quantitative estimate of drug-likeness (QED) is 0.262. The number of rotatable bonds is 7. The van der Waals surface area contributed by atoms with Gasteiger partial charge in [-0.2, -0.15) is 0 Å². The first-order valence-electron chi connectivity index (χ1n) is 10.7. The molecule has 4 rings (SSSR count). The van der Waals surface area contributed by atoms with Gasteiger partial charge in [0, 0.05) is 23.8 Å². The average Bonchev–Trinajstić information content (AvgIpc) is 3.19. The van der Waals surface area contributed by atoms with Crippen LogP contribution in [0.2, 0.25) is 0 Å². The van der Waals surface area contributed by atoms with Crippen molar-refractivity contribution in [3.05, 3.63) is 69.6 Å². The van der Waals surface area contributed by atoms with Crippen LogP contribution in [0.25, 0.3) is 22.4 Å². The van der Waals surface area contributed by atoms with E-state index >= 15 is 0 Å². The first-order valence-corrected chi connectivity index (χ1v) is 11.7. The maximum absolute atomic E-state index is 12.2. The van der Waals surface area contributed by atoms with Crippen molar-refractivity contribution in [3.8, 4) is 17.1 Å². The lowest BCUT2D eigenvalue weighted by Gasteiger charge is -2.13. The summed E-state index contributed by atoms with van der Waals surface area (Å²) in [6, 6.07) is 13.5. The summed E-state index contributed by atoms with van der Waals surface area (Å²) < 4.78 is 13.1. The predicted molar refractivity (Wildman–Crippen MR) is 129 cm³/mol. The van der Waals surface area contributed by atoms with E-state index in [0.29, 0.717) is 17.3 Å². The largest absolute Gasteiger partial charge is 0.496 e. The lowest BCUT2D eigenvalue weighted by Crippen LogP contribution is -2.03. The van der Waals surface area contributed by atoms with E-state index < -0.39 is 0 Å². The molecule has 6 nitrogen and oxygen atoms in total. The molecule has 0 aliphatic heterocycles. The highest BCUT2D eigenvalue weighted by Crippen LogP contribution is 2.33. The second-order valence-electron chi connectivity index (χ2n) is 7.99. The topological polar surface area (TPSA) is 70.2 Å². The number of methoxy groups -OCH3 is 1. The molecule has 4 aromatic rings. The van der Waals surface area contributed by atoms with Crippen LogP contribution in [0, 0.1) is 6.92 Å². The Morgan fingerprint density at radius 2 is 1.94 bits per heavy atom. The number of hydrogen-bond donors (Lipinski definition) is 0. The highest BCUT2D eigenvalue weighted by atomic mass is 32.2. The first kappa shape index (κ1) is 22.1. The van der Waals surface area contributed by atoms with Crippen molar-refractivity contribution < 1.29 is 9.15 Å². The third-order valence-corrected chi connectivity index (χ3v) is 6.59. The molecule has 0 bridgehead atoms. The monoisotopic (exact) mass is 449 g/mol. The molecule has 0 aliphatic rings. The predicted octanol–water partition coefficient (Wildman–Crippen LogP) is 5.80. The highest BCUT2D eigenvalue weighted by Gasteiger charge is 2.18. The van der Waals surface area contributed by atoms with Crippen LogP contribution < -0.4 is 10.4 Å². The van der Waals surface area contributed by atoms with Crippen molar-refractivity contribution in [2.45, 2.75) is 51.1 Å². The summed E-state index contributed by atoms with van der Waals surface area (Å²) in [5.74, 6) is 2.50. The second-order valence-corrected chi connectivity index (χ2v) is 8.93. The number of nitrogens with zero attached hydrogens (tertiary/aromatic N) is 3. The van der Waals surface area contributed by atoms with Crippen molar-refractivity contribution in [1.82, 2.24) is 14.8 Å². The minimum atomic E-state index is -0.337. The van der Waals surface area contributed by atoms with Crippen molar-refractivity contribution >= 4 is 22.7 Å². The smallest absolute Gasteiger partial charge is 0.336 e. The number of aryl methyl sites for hydroxylation is 1. The number of benzene rings is 2. The summed E-state index contributed by atoms with van der Waals surface area (Å²) in [7, 11) is 1.65. The van der Waals surface area contributed by atoms with Gasteiger partial charge in [-0.1, -0.05) is 37.7 Å². The number of hydrogen-bond acceptors (Lipinski definition) is 6. The molecule has 0 saturated carbocycles. The Morgan fingerprint density at radius 3 is 2.66 bits per heavy atom. The molecule has 2 heterocycles. The second kappa shape index (κ2) is 9.20. The summed E-state index contributed by atoms with van der Waals surface area (Å²) in [5, 5.41) is 10.6. The Bertz CT molecular complexity index is 1320. The normalized spacial score (nSPS) is 11.4. The molecule has 2 aromatic carbocycles. The zero-order valence-electron chi connectivity index (χ0n) is 19.0. The molecule has 0 atom stereocenters. The van der Waals surface area contributed by atoms with Crippen molar-refractivity contribution in [2.75, 3.05) is 7.11 Å². The summed E-state index contributed by atoms with van der Waals surface area (Å²) in [6.07, 6.45) is 0. The SMILES string of the molecule is CCn1c(SCc2cc(=O)oc3cc(C)c(C(C)C)cc23)nnc1-c1ccccc1OC. The Labute approximate surface area is 191 Å². The minimum absolute atomic E-state index is 0.337. The average molecular weight is 450 g/mol. The van der Waals surface area contributed by atoms with E-state index in [1.807, 2.05) is 30.3 Å². The van der Waals surface area contributed by atoms with E-state index in [1.165, 1.54) is 5.56 Å². The number of para-hydroxylation sites is 1. The summed E-state index contributed by atoms with van der Waals surface area (Å²) in [4.78, 5) is 12.2. The highest BCUT2D eigenvalue weighted by molar-refractivity contribution is 7.98. The van der Waals surface area contributed by atoms with E-state index in [0.717, 1.165) is 45.4 Å². The van der Waals surface area contributed by atoms with E-state index in [9.17, 15) is 4.79 Å². The summed E-state index contributed by atoms with van der Waals surface area (Å²) >= 11 is 1.56. The van der Waals surface area contributed by atoms with Gasteiger partial charge < -0.3 is 13.7 Å².